The van der Waals surface area contributed by atoms with Crippen molar-refractivity contribution < 1.29 is 9.13 Å². The number of nitriles is 1. The van der Waals surface area contributed by atoms with Crippen LogP contribution >= 0.6 is 0 Å². The van der Waals surface area contributed by atoms with E-state index < -0.39 is 0 Å². The Morgan fingerprint density at radius 1 is 1.32 bits per heavy atom. The lowest BCUT2D eigenvalue weighted by Crippen LogP contribution is -2.45. The Labute approximate surface area is 183 Å². The molecule has 0 spiro atoms. The highest BCUT2D eigenvalue weighted by atomic mass is 19.1. The minimum absolute atomic E-state index is 0.0115. The monoisotopic (exact) mass is 429 g/mol. The third-order valence-electron chi connectivity index (χ3n) is 4.99. The van der Waals surface area contributed by atoms with Gasteiger partial charge in [-0.15, -0.1) is 0 Å². The largest absolute Gasteiger partial charge is 0.382 e. The molecule has 0 bridgehead atoms. The number of nitrogens with one attached hydrogen (secondary N) is 2. The van der Waals surface area contributed by atoms with Crippen LogP contribution in [-0.2, 0) is 11.2 Å². The maximum Gasteiger partial charge on any atom is 0.191 e. The normalized spacial score (nSPS) is 13.0. The highest BCUT2D eigenvalue weighted by Gasteiger charge is 2.24. The predicted molar refractivity (Wildman–Crippen MR) is 121 cm³/mol. The quantitative estimate of drug-likeness (QED) is 0.338. The molecular weight excluding hydrogens is 397 g/mol. The average molecular weight is 430 g/mol. The van der Waals surface area contributed by atoms with E-state index in [1.165, 1.54) is 16.8 Å². The third-order valence-corrected chi connectivity index (χ3v) is 4.99. The Hall–Kier alpha value is -3.12. The molecule has 2 rings (SSSR count). The van der Waals surface area contributed by atoms with Gasteiger partial charge < -0.3 is 21.1 Å². The van der Waals surface area contributed by atoms with E-state index in [0.29, 0.717) is 42.4 Å². The molecule has 0 amide bonds. The molecule has 0 aliphatic rings. The standard InChI is InChI=1S/C22H32FN7O/c1-22(2,3)19(31-5)14-28-21(26-4)27-12-6-7-18-17(13-24)20(25)30(29-18)16-10-8-15(23)9-11-16/h8-11,19H,6-7,12,14,25H2,1-5H3,(H2,26,27,28). The van der Waals surface area contributed by atoms with Gasteiger partial charge in [0.05, 0.1) is 17.5 Å². The summed E-state index contributed by atoms with van der Waals surface area (Å²) in [5, 5.41) is 20.5. The maximum absolute atomic E-state index is 13.2. The van der Waals surface area contributed by atoms with Crippen molar-refractivity contribution in [2.75, 3.05) is 33.0 Å². The van der Waals surface area contributed by atoms with Gasteiger partial charge >= 0.3 is 0 Å². The number of benzene rings is 1. The fourth-order valence-electron chi connectivity index (χ4n) is 3.17. The predicted octanol–water partition coefficient (Wildman–Crippen LogP) is 2.62. The first-order valence-electron chi connectivity index (χ1n) is 10.2. The van der Waals surface area contributed by atoms with Crippen LogP contribution in [0.2, 0.25) is 0 Å². The van der Waals surface area contributed by atoms with E-state index in [-0.39, 0.29) is 23.2 Å². The number of aryl methyl sites for hydroxylation is 1. The number of nitrogens with two attached hydrogens (primary N) is 1. The molecular formula is C22H32FN7O. The molecule has 1 heterocycles. The van der Waals surface area contributed by atoms with Crippen molar-refractivity contribution in [3.05, 3.63) is 41.3 Å². The second-order valence-electron chi connectivity index (χ2n) is 8.28. The van der Waals surface area contributed by atoms with Crippen molar-refractivity contribution in [2.24, 2.45) is 10.4 Å². The highest BCUT2D eigenvalue weighted by molar-refractivity contribution is 5.79. The highest BCUT2D eigenvalue weighted by Crippen LogP contribution is 2.22. The minimum Gasteiger partial charge on any atom is -0.382 e. The lowest BCUT2D eigenvalue weighted by atomic mass is 9.89. The van der Waals surface area contributed by atoms with Crippen LogP contribution in [0.3, 0.4) is 0 Å². The van der Waals surface area contributed by atoms with Gasteiger partial charge in [-0.3, -0.25) is 4.99 Å². The fourth-order valence-corrected chi connectivity index (χ4v) is 3.17. The van der Waals surface area contributed by atoms with Gasteiger partial charge in [0, 0.05) is 27.2 Å². The topological polar surface area (TPSA) is 113 Å². The molecule has 0 radical (unpaired) electrons. The fraction of sp³-hybridized carbons (Fsp3) is 0.500. The molecule has 1 atom stereocenters. The Balaban J connectivity index is 1.94. The summed E-state index contributed by atoms with van der Waals surface area (Å²) in [7, 11) is 3.42. The first-order chi connectivity index (χ1) is 14.7. The van der Waals surface area contributed by atoms with E-state index in [1.54, 1.807) is 26.3 Å². The summed E-state index contributed by atoms with van der Waals surface area (Å²) >= 11 is 0. The summed E-state index contributed by atoms with van der Waals surface area (Å²) < 4.78 is 20.2. The zero-order valence-electron chi connectivity index (χ0n) is 18.9. The lowest BCUT2D eigenvalue weighted by Gasteiger charge is -2.30. The van der Waals surface area contributed by atoms with E-state index >= 15 is 0 Å². The van der Waals surface area contributed by atoms with Crippen molar-refractivity contribution in [1.29, 1.82) is 5.26 Å². The number of halogens is 1. The maximum atomic E-state index is 13.2. The Kier molecular flexibility index (Phi) is 8.39. The molecule has 4 N–H and O–H groups in total. The van der Waals surface area contributed by atoms with Crippen molar-refractivity contribution >= 4 is 11.8 Å². The Bertz CT molecular complexity index is 923. The number of anilines is 1. The van der Waals surface area contributed by atoms with E-state index in [0.717, 1.165) is 6.42 Å². The second-order valence-corrected chi connectivity index (χ2v) is 8.28. The number of ether oxygens (including phenoxy) is 1. The smallest absolute Gasteiger partial charge is 0.191 e. The van der Waals surface area contributed by atoms with Crippen LogP contribution in [-0.4, -0.2) is 49.1 Å². The number of aromatic nitrogens is 2. The molecule has 0 aliphatic heterocycles. The number of rotatable bonds is 8. The molecule has 0 saturated heterocycles. The number of guanidine groups is 1. The van der Waals surface area contributed by atoms with Gasteiger partial charge in [-0.1, -0.05) is 20.8 Å². The van der Waals surface area contributed by atoms with Crippen LogP contribution < -0.4 is 16.4 Å². The number of hydrogen-bond acceptors (Lipinski definition) is 5. The van der Waals surface area contributed by atoms with Crippen LogP contribution in [0.15, 0.2) is 29.3 Å². The molecule has 0 fully saturated rings. The Morgan fingerprint density at radius 3 is 2.55 bits per heavy atom. The van der Waals surface area contributed by atoms with Crippen LogP contribution in [0.1, 0.15) is 38.4 Å². The van der Waals surface area contributed by atoms with Gasteiger partial charge in [0.1, 0.15) is 23.3 Å². The number of aliphatic imine (C=N–C) groups is 1. The van der Waals surface area contributed by atoms with Crippen LogP contribution in [0.5, 0.6) is 0 Å². The number of methoxy groups -OCH3 is 1. The van der Waals surface area contributed by atoms with Gasteiger partial charge in [0.25, 0.3) is 0 Å². The van der Waals surface area contributed by atoms with Gasteiger partial charge in [-0.05, 0) is 42.5 Å². The van der Waals surface area contributed by atoms with Crippen LogP contribution in [0, 0.1) is 22.6 Å². The van der Waals surface area contributed by atoms with E-state index in [9.17, 15) is 9.65 Å². The molecule has 1 aromatic heterocycles. The van der Waals surface area contributed by atoms with Crippen molar-refractivity contribution in [3.63, 3.8) is 0 Å². The molecule has 0 aliphatic carbocycles. The summed E-state index contributed by atoms with van der Waals surface area (Å²) in [6.07, 6.45) is 1.33. The van der Waals surface area contributed by atoms with Crippen molar-refractivity contribution in [1.82, 2.24) is 20.4 Å². The van der Waals surface area contributed by atoms with E-state index in [1.807, 2.05) is 0 Å². The van der Waals surface area contributed by atoms with Crippen LogP contribution in [0.25, 0.3) is 5.69 Å². The van der Waals surface area contributed by atoms with Gasteiger partial charge in [0.2, 0.25) is 0 Å². The van der Waals surface area contributed by atoms with Gasteiger partial charge in [0.15, 0.2) is 5.96 Å². The number of nitrogens with zero attached hydrogens (tertiary/aromatic N) is 4. The van der Waals surface area contributed by atoms with Crippen molar-refractivity contribution in [2.45, 2.75) is 39.7 Å². The number of hydrogen-bond donors (Lipinski definition) is 3. The molecule has 168 valence electrons. The molecule has 0 saturated carbocycles. The van der Waals surface area contributed by atoms with Crippen LogP contribution in [0.4, 0.5) is 10.2 Å². The first-order valence-corrected chi connectivity index (χ1v) is 10.2. The zero-order chi connectivity index (χ0) is 23.0. The first kappa shape index (κ1) is 24.2. The second kappa shape index (κ2) is 10.8. The Morgan fingerprint density at radius 2 is 2.00 bits per heavy atom. The SMILES string of the molecule is CN=C(NCCCc1nn(-c2ccc(F)cc2)c(N)c1C#N)NCC(OC)C(C)(C)C. The summed E-state index contributed by atoms with van der Waals surface area (Å²) in [5.74, 6) is 0.591. The lowest BCUT2D eigenvalue weighted by molar-refractivity contribution is 0.0205. The summed E-state index contributed by atoms with van der Waals surface area (Å²) in [6.45, 7) is 7.66. The molecule has 1 unspecified atom stereocenters. The van der Waals surface area contributed by atoms with E-state index in [4.69, 9.17) is 10.5 Å². The van der Waals surface area contributed by atoms with E-state index in [2.05, 4.69) is 47.6 Å². The molecule has 31 heavy (non-hydrogen) atoms. The molecule has 9 heteroatoms. The number of nitrogen functional groups attached to an aromatic ring is 1. The van der Waals surface area contributed by atoms with Crippen molar-refractivity contribution in [3.8, 4) is 11.8 Å². The molecule has 2 aromatic rings. The minimum atomic E-state index is -0.345. The summed E-state index contributed by atoms with van der Waals surface area (Å²) in [5.41, 5.74) is 7.68. The third kappa shape index (κ3) is 6.43. The summed E-state index contributed by atoms with van der Waals surface area (Å²) in [4.78, 5) is 4.24. The van der Waals surface area contributed by atoms with Gasteiger partial charge in [-0.25, -0.2) is 9.07 Å². The molecule has 1 aromatic carbocycles. The molecule has 8 nitrogen and oxygen atoms in total. The zero-order valence-corrected chi connectivity index (χ0v) is 18.9. The summed E-state index contributed by atoms with van der Waals surface area (Å²) in [6, 6.07) is 7.94. The average Bonchev–Trinajstić information content (AvgIpc) is 3.04. The van der Waals surface area contributed by atoms with Gasteiger partial charge in [-0.2, -0.15) is 10.4 Å².